The zero-order valence-corrected chi connectivity index (χ0v) is 20.6. The quantitative estimate of drug-likeness (QED) is 0.383. The van der Waals surface area contributed by atoms with Gasteiger partial charge in [-0.2, -0.15) is 0 Å². The smallest absolute Gasteiger partial charge is 0.190 e. The van der Waals surface area contributed by atoms with E-state index in [1.165, 1.54) is 11.1 Å². The first kappa shape index (κ1) is 25.7. The molecule has 2 nitrogen and oxygen atoms in total. The first-order valence-electron chi connectivity index (χ1n) is 11.3. The molecule has 33 heavy (non-hydrogen) atoms. The van der Waals surface area contributed by atoms with Crippen LogP contribution in [0.4, 0.5) is 0 Å². The Hall–Kier alpha value is -3.52. The molecular formula is C31H34O2. The number of ketones is 2. The van der Waals surface area contributed by atoms with Crippen molar-refractivity contribution in [2.24, 2.45) is 0 Å². The monoisotopic (exact) mass is 438 g/mol. The molecule has 0 N–H and O–H groups in total. The van der Waals surface area contributed by atoms with Crippen LogP contribution < -0.4 is 0 Å². The van der Waals surface area contributed by atoms with Crippen LogP contribution in [0, 0.1) is 0 Å². The number of benzene rings is 1. The number of rotatable bonds is 8. The topological polar surface area (TPSA) is 34.1 Å². The Morgan fingerprint density at radius 3 is 1.73 bits per heavy atom. The van der Waals surface area contributed by atoms with Gasteiger partial charge in [0, 0.05) is 22.3 Å². The molecule has 1 aromatic carbocycles. The maximum absolute atomic E-state index is 12.8. The van der Waals surface area contributed by atoms with E-state index in [9.17, 15) is 9.59 Å². The second-order valence-electron chi connectivity index (χ2n) is 8.60. The maximum atomic E-state index is 12.8. The summed E-state index contributed by atoms with van der Waals surface area (Å²) in [4.78, 5) is 25.4. The van der Waals surface area contributed by atoms with Crippen LogP contribution in [-0.4, -0.2) is 11.6 Å². The van der Waals surface area contributed by atoms with Crippen LogP contribution in [0.5, 0.6) is 0 Å². The molecule has 1 aromatic rings. The summed E-state index contributed by atoms with van der Waals surface area (Å²) in [6, 6.07) is 7.05. The van der Waals surface area contributed by atoms with Crippen molar-refractivity contribution >= 4 is 11.6 Å². The van der Waals surface area contributed by atoms with Gasteiger partial charge in [-0.15, -0.1) is 0 Å². The van der Waals surface area contributed by atoms with E-state index in [1.807, 2.05) is 37.3 Å². The second kappa shape index (κ2) is 12.5. The maximum Gasteiger partial charge on any atom is 0.190 e. The molecule has 170 valence electrons. The van der Waals surface area contributed by atoms with Crippen LogP contribution in [0.1, 0.15) is 68.7 Å². The molecule has 0 atom stereocenters. The summed E-state index contributed by atoms with van der Waals surface area (Å²) >= 11 is 0. The lowest BCUT2D eigenvalue weighted by molar-refractivity contribution is 0.0973. The molecule has 0 fully saturated rings. The average Bonchev–Trinajstić information content (AvgIpc) is 2.77. The molecule has 2 heteroatoms. The number of fused-ring (bicyclic) bond motifs is 1. The molecule has 0 aromatic heterocycles. The van der Waals surface area contributed by atoms with Gasteiger partial charge in [-0.3, -0.25) is 9.59 Å². The highest BCUT2D eigenvalue weighted by atomic mass is 16.1. The number of hydrogen-bond acceptors (Lipinski definition) is 2. The molecule has 0 bridgehead atoms. The van der Waals surface area contributed by atoms with Crippen molar-refractivity contribution in [2.75, 3.05) is 0 Å². The molecule has 0 heterocycles. The van der Waals surface area contributed by atoms with E-state index < -0.39 is 0 Å². The summed E-state index contributed by atoms with van der Waals surface area (Å²) in [7, 11) is 0. The average molecular weight is 439 g/mol. The Kier molecular flexibility index (Phi) is 9.75. The molecule has 0 saturated carbocycles. The van der Waals surface area contributed by atoms with E-state index in [0.717, 1.165) is 11.1 Å². The van der Waals surface area contributed by atoms with Gasteiger partial charge in [-0.1, -0.05) is 107 Å². The number of carbonyl (C=O) groups excluding carboxylic acids is 2. The number of carbonyl (C=O) groups is 2. The first-order valence-corrected chi connectivity index (χ1v) is 11.3. The van der Waals surface area contributed by atoms with E-state index in [1.54, 1.807) is 31.2 Å². The minimum absolute atomic E-state index is 0.0457. The summed E-state index contributed by atoms with van der Waals surface area (Å²) in [6.45, 7) is 12.0. The van der Waals surface area contributed by atoms with E-state index in [2.05, 4.69) is 58.1 Å². The molecule has 1 aliphatic rings. The van der Waals surface area contributed by atoms with Crippen molar-refractivity contribution in [3.63, 3.8) is 0 Å². The van der Waals surface area contributed by atoms with Gasteiger partial charge >= 0.3 is 0 Å². The van der Waals surface area contributed by atoms with Crippen molar-refractivity contribution in [1.29, 1.82) is 0 Å². The van der Waals surface area contributed by atoms with Crippen LogP contribution >= 0.6 is 0 Å². The molecular weight excluding hydrogens is 404 g/mol. The lowest BCUT2D eigenvalue weighted by atomic mass is 9.83. The lowest BCUT2D eigenvalue weighted by Crippen LogP contribution is -2.20. The Bertz CT molecular complexity index is 1150. The highest BCUT2D eigenvalue weighted by molar-refractivity contribution is 6.26. The van der Waals surface area contributed by atoms with Gasteiger partial charge in [0.15, 0.2) is 11.6 Å². The Morgan fingerprint density at radius 2 is 1.18 bits per heavy atom. The summed E-state index contributed by atoms with van der Waals surface area (Å²) in [5.74, 6) is -0.0977. The van der Waals surface area contributed by atoms with Gasteiger partial charge in [0.1, 0.15) is 0 Å². The largest absolute Gasteiger partial charge is 0.289 e. The highest BCUT2D eigenvalue weighted by Crippen LogP contribution is 2.28. The third-order valence-electron chi connectivity index (χ3n) is 5.34. The molecule has 0 saturated heterocycles. The van der Waals surface area contributed by atoms with Crippen LogP contribution in [-0.2, 0) is 0 Å². The SMILES string of the molecule is CC(C)=C\C=C/C(C)=C/C=C/C(C)=C/C=C/C(C)=CCC1=C(C)C(=O)c2ccccc2C1=O. The predicted octanol–water partition coefficient (Wildman–Crippen LogP) is 8.25. The number of Topliss-reactive ketones (excluding diaryl/α,β-unsaturated/α-hetero) is 2. The zero-order chi connectivity index (χ0) is 24.4. The summed E-state index contributed by atoms with van der Waals surface area (Å²) in [5, 5.41) is 0. The van der Waals surface area contributed by atoms with Crippen molar-refractivity contribution in [1.82, 2.24) is 0 Å². The lowest BCUT2D eigenvalue weighted by Gasteiger charge is -2.18. The zero-order valence-electron chi connectivity index (χ0n) is 20.6. The molecule has 0 amide bonds. The Morgan fingerprint density at radius 1 is 0.697 bits per heavy atom. The second-order valence-corrected chi connectivity index (χ2v) is 8.60. The van der Waals surface area contributed by atoms with Crippen molar-refractivity contribution in [3.05, 3.63) is 130 Å². The standard InChI is InChI=1S/C31H34O2/c1-22(2)12-9-13-23(3)14-10-15-24(4)16-11-17-25(5)20-21-27-26(6)30(32)28-18-7-8-19-29(28)31(27)33/h7-20H,21H2,1-6H3/b13-9-,15-10+,17-11+,23-14+,24-16+,25-20?. The number of hydrogen-bond donors (Lipinski definition) is 0. The fourth-order valence-electron chi connectivity index (χ4n) is 3.33. The molecule has 1 aliphatic carbocycles. The summed E-state index contributed by atoms with van der Waals surface area (Å²) in [6.07, 6.45) is 20.9. The van der Waals surface area contributed by atoms with E-state index >= 15 is 0 Å². The van der Waals surface area contributed by atoms with Gasteiger partial charge in [0.25, 0.3) is 0 Å². The summed E-state index contributed by atoms with van der Waals surface area (Å²) in [5.41, 5.74) is 6.80. The number of allylic oxidation sites excluding steroid dienone is 16. The molecule has 0 spiro atoms. The fraction of sp³-hybridized carbons (Fsp3) is 0.226. The Balaban J connectivity index is 2.00. The van der Waals surface area contributed by atoms with Crippen LogP contribution in [0.2, 0.25) is 0 Å². The summed E-state index contributed by atoms with van der Waals surface area (Å²) < 4.78 is 0. The van der Waals surface area contributed by atoms with E-state index in [0.29, 0.717) is 28.7 Å². The van der Waals surface area contributed by atoms with Crippen LogP contribution in [0.15, 0.2) is 118 Å². The molecule has 0 radical (unpaired) electrons. The minimum Gasteiger partial charge on any atom is -0.289 e. The highest BCUT2D eigenvalue weighted by Gasteiger charge is 2.28. The van der Waals surface area contributed by atoms with Gasteiger partial charge in [0.05, 0.1) is 0 Å². The minimum atomic E-state index is -0.0520. The predicted molar refractivity (Wildman–Crippen MR) is 141 cm³/mol. The van der Waals surface area contributed by atoms with Gasteiger partial charge in [-0.25, -0.2) is 0 Å². The normalized spacial score (nSPS) is 15.9. The van der Waals surface area contributed by atoms with Gasteiger partial charge in [-0.05, 0) is 48.0 Å². The van der Waals surface area contributed by atoms with Gasteiger partial charge in [0.2, 0.25) is 0 Å². The third-order valence-corrected chi connectivity index (χ3v) is 5.34. The first-order chi connectivity index (χ1) is 15.7. The Labute approximate surface area is 198 Å². The van der Waals surface area contributed by atoms with E-state index in [4.69, 9.17) is 0 Å². The molecule has 0 unspecified atom stereocenters. The van der Waals surface area contributed by atoms with E-state index in [-0.39, 0.29) is 11.6 Å². The third kappa shape index (κ3) is 7.84. The van der Waals surface area contributed by atoms with Crippen molar-refractivity contribution < 1.29 is 9.59 Å². The van der Waals surface area contributed by atoms with Crippen LogP contribution in [0.3, 0.4) is 0 Å². The fourth-order valence-corrected chi connectivity index (χ4v) is 3.33. The van der Waals surface area contributed by atoms with Crippen molar-refractivity contribution in [2.45, 2.75) is 48.0 Å². The molecule has 0 aliphatic heterocycles. The van der Waals surface area contributed by atoms with Crippen molar-refractivity contribution in [3.8, 4) is 0 Å². The molecule has 2 rings (SSSR count). The van der Waals surface area contributed by atoms with Crippen LogP contribution in [0.25, 0.3) is 0 Å². The van der Waals surface area contributed by atoms with Gasteiger partial charge < -0.3 is 0 Å².